The molecule has 0 radical (unpaired) electrons. The average Bonchev–Trinajstić information content (AvgIpc) is 2.79. The van der Waals surface area contributed by atoms with Gasteiger partial charge in [0.25, 0.3) is 0 Å². The van der Waals surface area contributed by atoms with E-state index in [1.165, 1.54) is 30.7 Å². The Morgan fingerprint density at radius 1 is 1.47 bits per heavy atom. The van der Waals surface area contributed by atoms with E-state index in [9.17, 15) is 0 Å². The lowest BCUT2D eigenvalue weighted by molar-refractivity contribution is 0.110. The Hall–Kier alpha value is -0.380. The standard InChI is InChI=1S/C12H19NOS/c1-2-7-13-11(4-1)6-8-14-10-12-5-3-9-15-12/h3,5,9,11,13H,1-2,4,6-8,10H2. The molecule has 2 rings (SSSR count). The van der Waals surface area contributed by atoms with Gasteiger partial charge >= 0.3 is 0 Å². The molecule has 0 spiro atoms. The Morgan fingerprint density at radius 3 is 3.20 bits per heavy atom. The second kappa shape index (κ2) is 6.26. The molecule has 0 saturated carbocycles. The van der Waals surface area contributed by atoms with Gasteiger partial charge in [-0.2, -0.15) is 0 Å². The number of hydrogen-bond acceptors (Lipinski definition) is 3. The third-order valence-electron chi connectivity index (χ3n) is 2.85. The van der Waals surface area contributed by atoms with Gasteiger partial charge in [-0.3, -0.25) is 0 Å². The van der Waals surface area contributed by atoms with Crippen molar-refractivity contribution < 1.29 is 4.74 Å². The molecule has 1 fully saturated rings. The topological polar surface area (TPSA) is 21.3 Å². The number of piperidine rings is 1. The van der Waals surface area contributed by atoms with Gasteiger partial charge in [-0.1, -0.05) is 12.5 Å². The van der Waals surface area contributed by atoms with E-state index >= 15 is 0 Å². The Bertz CT molecular complexity index is 255. The maximum absolute atomic E-state index is 5.65. The molecule has 1 aromatic heterocycles. The van der Waals surface area contributed by atoms with Crippen molar-refractivity contribution in [2.24, 2.45) is 0 Å². The molecule has 84 valence electrons. The van der Waals surface area contributed by atoms with Gasteiger partial charge in [-0.25, -0.2) is 0 Å². The molecule has 2 nitrogen and oxygen atoms in total. The van der Waals surface area contributed by atoms with Crippen molar-refractivity contribution in [2.45, 2.75) is 38.3 Å². The van der Waals surface area contributed by atoms with Crippen molar-refractivity contribution in [1.82, 2.24) is 5.32 Å². The molecule has 1 aliphatic heterocycles. The van der Waals surface area contributed by atoms with Crippen molar-refractivity contribution in [3.63, 3.8) is 0 Å². The highest BCUT2D eigenvalue weighted by atomic mass is 32.1. The summed E-state index contributed by atoms with van der Waals surface area (Å²) in [7, 11) is 0. The summed E-state index contributed by atoms with van der Waals surface area (Å²) < 4.78 is 5.65. The van der Waals surface area contributed by atoms with Crippen LogP contribution in [0.15, 0.2) is 17.5 Å². The zero-order valence-corrected chi connectivity index (χ0v) is 9.89. The molecule has 1 atom stereocenters. The second-order valence-electron chi connectivity index (χ2n) is 4.07. The first-order chi connectivity index (χ1) is 7.45. The number of hydrogen-bond donors (Lipinski definition) is 1. The van der Waals surface area contributed by atoms with Crippen molar-refractivity contribution in [3.8, 4) is 0 Å². The first kappa shape index (κ1) is 11.1. The molecule has 15 heavy (non-hydrogen) atoms. The van der Waals surface area contributed by atoms with Crippen molar-refractivity contribution >= 4 is 11.3 Å². The predicted molar refractivity (Wildman–Crippen MR) is 64.2 cm³/mol. The van der Waals surface area contributed by atoms with Crippen LogP contribution in [0, 0.1) is 0 Å². The Labute approximate surface area is 95.6 Å². The lowest BCUT2D eigenvalue weighted by atomic mass is 10.0. The minimum absolute atomic E-state index is 0.696. The van der Waals surface area contributed by atoms with E-state index in [1.807, 2.05) is 0 Å². The summed E-state index contributed by atoms with van der Waals surface area (Å²) in [6.45, 7) is 2.86. The van der Waals surface area contributed by atoms with Gasteiger partial charge in [0.2, 0.25) is 0 Å². The fourth-order valence-corrected chi connectivity index (χ4v) is 2.60. The number of rotatable bonds is 5. The highest BCUT2D eigenvalue weighted by Crippen LogP contribution is 2.12. The zero-order chi connectivity index (χ0) is 10.3. The molecule has 0 amide bonds. The molecule has 1 aliphatic rings. The molecule has 0 bridgehead atoms. The van der Waals surface area contributed by atoms with Crippen LogP contribution in [-0.2, 0) is 11.3 Å². The van der Waals surface area contributed by atoms with Crippen LogP contribution in [0.5, 0.6) is 0 Å². The summed E-state index contributed by atoms with van der Waals surface area (Å²) in [4.78, 5) is 1.33. The van der Waals surface area contributed by atoms with Gasteiger partial charge in [-0.15, -0.1) is 11.3 Å². The summed E-state index contributed by atoms with van der Waals surface area (Å²) in [5, 5.41) is 5.63. The third-order valence-corrected chi connectivity index (χ3v) is 3.70. The summed E-state index contributed by atoms with van der Waals surface area (Å²) in [6.07, 6.45) is 5.20. The lowest BCUT2D eigenvalue weighted by Crippen LogP contribution is -2.34. The maximum atomic E-state index is 5.65. The fourth-order valence-electron chi connectivity index (χ4n) is 1.96. The zero-order valence-electron chi connectivity index (χ0n) is 9.08. The lowest BCUT2D eigenvalue weighted by Gasteiger charge is -2.23. The quantitative estimate of drug-likeness (QED) is 0.778. The van der Waals surface area contributed by atoms with E-state index in [0.29, 0.717) is 6.04 Å². The average molecular weight is 225 g/mol. The highest BCUT2D eigenvalue weighted by molar-refractivity contribution is 7.09. The van der Waals surface area contributed by atoms with E-state index in [-0.39, 0.29) is 0 Å². The Morgan fingerprint density at radius 2 is 2.47 bits per heavy atom. The third kappa shape index (κ3) is 3.93. The van der Waals surface area contributed by atoms with Gasteiger partial charge < -0.3 is 10.1 Å². The monoisotopic (exact) mass is 225 g/mol. The van der Waals surface area contributed by atoms with Crippen LogP contribution in [-0.4, -0.2) is 19.2 Å². The normalized spacial score (nSPS) is 21.7. The molecular formula is C12H19NOS. The summed E-state index contributed by atoms with van der Waals surface area (Å²) >= 11 is 1.77. The van der Waals surface area contributed by atoms with E-state index in [4.69, 9.17) is 4.74 Å². The molecule has 2 heterocycles. The number of ether oxygens (including phenoxy) is 1. The van der Waals surface area contributed by atoms with Gasteiger partial charge in [0.15, 0.2) is 0 Å². The SMILES string of the molecule is c1csc(COCCC2CCCCN2)c1. The van der Waals surface area contributed by atoms with Crippen molar-refractivity contribution in [2.75, 3.05) is 13.2 Å². The predicted octanol–water partition coefficient (Wildman–Crippen LogP) is 2.80. The minimum Gasteiger partial charge on any atom is -0.376 e. The smallest absolute Gasteiger partial charge is 0.0809 e. The second-order valence-corrected chi connectivity index (χ2v) is 5.10. The van der Waals surface area contributed by atoms with E-state index in [0.717, 1.165) is 19.6 Å². The van der Waals surface area contributed by atoms with Gasteiger partial charge in [0, 0.05) is 17.5 Å². The molecule has 3 heteroatoms. The van der Waals surface area contributed by atoms with E-state index in [2.05, 4.69) is 22.8 Å². The van der Waals surface area contributed by atoms with Crippen molar-refractivity contribution in [3.05, 3.63) is 22.4 Å². The summed E-state index contributed by atoms with van der Waals surface area (Å²) in [5.41, 5.74) is 0. The van der Waals surface area contributed by atoms with Gasteiger partial charge in [0.05, 0.1) is 6.61 Å². The van der Waals surface area contributed by atoms with Crippen LogP contribution in [0.25, 0.3) is 0 Å². The number of nitrogens with one attached hydrogen (secondary N) is 1. The molecular weight excluding hydrogens is 206 g/mol. The summed E-state index contributed by atoms with van der Waals surface area (Å²) in [6, 6.07) is 4.90. The largest absolute Gasteiger partial charge is 0.376 e. The first-order valence-corrected chi connectivity index (χ1v) is 6.66. The maximum Gasteiger partial charge on any atom is 0.0809 e. The molecule has 1 aromatic rings. The van der Waals surface area contributed by atoms with Crippen LogP contribution < -0.4 is 5.32 Å². The Kier molecular flexibility index (Phi) is 4.64. The molecule has 0 aliphatic carbocycles. The first-order valence-electron chi connectivity index (χ1n) is 5.78. The molecule has 1 saturated heterocycles. The fraction of sp³-hybridized carbons (Fsp3) is 0.667. The van der Waals surface area contributed by atoms with Gasteiger partial charge in [-0.05, 0) is 37.3 Å². The van der Waals surface area contributed by atoms with E-state index in [1.54, 1.807) is 11.3 Å². The van der Waals surface area contributed by atoms with Crippen LogP contribution in [0.3, 0.4) is 0 Å². The van der Waals surface area contributed by atoms with Crippen LogP contribution in [0.1, 0.15) is 30.6 Å². The van der Waals surface area contributed by atoms with Crippen LogP contribution in [0.4, 0.5) is 0 Å². The summed E-state index contributed by atoms with van der Waals surface area (Å²) in [5.74, 6) is 0. The van der Waals surface area contributed by atoms with Crippen LogP contribution >= 0.6 is 11.3 Å². The Balaban J connectivity index is 1.54. The number of thiophene rings is 1. The van der Waals surface area contributed by atoms with E-state index < -0.39 is 0 Å². The highest BCUT2D eigenvalue weighted by Gasteiger charge is 2.11. The molecule has 1 unspecified atom stereocenters. The molecule has 0 aromatic carbocycles. The minimum atomic E-state index is 0.696. The van der Waals surface area contributed by atoms with Crippen molar-refractivity contribution in [1.29, 1.82) is 0 Å². The molecule has 1 N–H and O–H groups in total. The van der Waals surface area contributed by atoms with Crippen LogP contribution in [0.2, 0.25) is 0 Å². The van der Waals surface area contributed by atoms with Gasteiger partial charge in [0.1, 0.15) is 0 Å².